The molecule has 0 aromatic rings. The zero-order chi connectivity index (χ0) is 13.7. The Labute approximate surface area is 116 Å². The second-order valence-corrected chi connectivity index (χ2v) is 5.71. The topological polar surface area (TPSA) is 58.8 Å². The van der Waals surface area contributed by atoms with E-state index in [0.717, 1.165) is 45.6 Å². The van der Waals surface area contributed by atoms with Gasteiger partial charge in [0.1, 0.15) is 0 Å². The summed E-state index contributed by atoms with van der Waals surface area (Å²) in [6.07, 6.45) is 4.35. The number of carbonyl (C=O) groups excluding carboxylic acids is 1. The average Bonchev–Trinajstić information content (AvgIpc) is 2.45. The van der Waals surface area contributed by atoms with Crippen molar-refractivity contribution in [1.82, 2.24) is 9.80 Å². The van der Waals surface area contributed by atoms with Gasteiger partial charge in [0.25, 0.3) is 0 Å². The molecule has 2 aliphatic rings. The summed E-state index contributed by atoms with van der Waals surface area (Å²) in [5.74, 6) is 0.272. The molecule has 2 unspecified atom stereocenters. The molecule has 0 aromatic carbocycles. The fraction of sp³-hybridized carbons (Fsp3) is 0.929. The summed E-state index contributed by atoms with van der Waals surface area (Å²) in [7, 11) is 0. The summed E-state index contributed by atoms with van der Waals surface area (Å²) < 4.78 is 5.55. The Morgan fingerprint density at radius 3 is 2.68 bits per heavy atom. The number of hydrogen-bond donors (Lipinski definition) is 1. The number of amides is 1. The molecule has 2 saturated heterocycles. The molecule has 5 heteroatoms. The predicted molar refractivity (Wildman–Crippen MR) is 74.9 cm³/mol. The molecule has 2 rings (SSSR count). The van der Waals surface area contributed by atoms with Crippen LogP contribution in [0.25, 0.3) is 0 Å². The highest BCUT2D eigenvalue weighted by Gasteiger charge is 2.27. The molecule has 2 fully saturated rings. The Hall–Kier alpha value is -0.650. The van der Waals surface area contributed by atoms with Crippen LogP contribution in [0.2, 0.25) is 0 Å². The lowest BCUT2D eigenvalue weighted by atomic mass is 10.1. The summed E-state index contributed by atoms with van der Waals surface area (Å²) in [4.78, 5) is 16.6. The first kappa shape index (κ1) is 14.8. The van der Waals surface area contributed by atoms with Gasteiger partial charge in [-0.2, -0.15) is 0 Å². The number of rotatable bonds is 4. The number of hydrogen-bond acceptors (Lipinski definition) is 4. The first-order chi connectivity index (χ1) is 9.20. The maximum Gasteiger partial charge on any atom is 0.224 e. The van der Waals surface area contributed by atoms with Crippen LogP contribution in [0.1, 0.15) is 32.6 Å². The van der Waals surface area contributed by atoms with Gasteiger partial charge in [0, 0.05) is 45.2 Å². The van der Waals surface area contributed by atoms with Crippen molar-refractivity contribution in [3.05, 3.63) is 0 Å². The number of nitrogens with two attached hydrogens (primary N) is 1. The molecule has 1 amide bonds. The monoisotopic (exact) mass is 269 g/mol. The Kier molecular flexibility index (Phi) is 5.60. The zero-order valence-electron chi connectivity index (χ0n) is 12.0. The summed E-state index contributed by atoms with van der Waals surface area (Å²) in [5, 5.41) is 0. The number of ether oxygens (including phenoxy) is 1. The van der Waals surface area contributed by atoms with Crippen LogP contribution in [0.3, 0.4) is 0 Å². The number of carbonyl (C=O) groups is 1. The molecular formula is C14H27N3O2. The Balaban J connectivity index is 1.85. The van der Waals surface area contributed by atoms with Crippen LogP contribution in [0.4, 0.5) is 0 Å². The van der Waals surface area contributed by atoms with Crippen molar-refractivity contribution in [2.24, 2.45) is 5.73 Å². The van der Waals surface area contributed by atoms with Gasteiger partial charge in [0.2, 0.25) is 5.91 Å². The van der Waals surface area contributed by atoms with Crippen LogP contribution in [-0.4, -0.2) is 67.2 Å². The number of morpholine rings is 1. The van der Waals surface area contributed by atoms with Gasteiger partial charge in [0.15, 0.2) is 0 Å². The van der Waals surface area contributed by atoms with E-state index in [1.807, 2.05) is 4.90 Å². The molecule has 0 spiro atoms. The lowest BCUT2D eigenvalue weighted by Crippen LogP contribution is -2.51. The molecule has 2 heterocycles. The number of piperidine rings is 1. The maximum absolute atomic E-state index is 12.3. The molecule has 2 aliphatic heterocycles. The van der Waals surface area contributed by atoms with Gasteiger partial charge in [-0.15, -0.1) is 0 Å². The standard InChI is InChI=1S/C14H27N3O2/c1-12-11-17(7-8-19-12)13(10-15)9-14(18)16-5-3-2-4-6-16/h12-13H,2-11,15H2,1H3. The highest BCUT2D eigenvalue weighted by atomic mass is 16.5. The minimum Gasteiger partial charge on any atom is -0.376 e. The smallest absolute Gasteiger partial charge is 0.224 e. The summed E-state index contributed by atoms with van der Waals surface area (Å²) in [5.41, 5.74) is 5.87. The first-order valence-corrected chi connectivity index (χ1v) is 7.54. The van der Waals surface area contributed by atoms with E-state index >= 15 is 0 Å². The Morgan fingerprint density at radius 1 is 1.32 bits per heavy atom. The molecule has 0 bridgehead atoms. The Bertz CT molecular complexity index is 292. The normalized spacial score (nSPS) is 27.3. The van der Waals surface area contributed by atoms with E-state index in [1.165, 1.54) is 6.42 Å². The average molecular weight is 269 g/mol. The van der Waals surface area contributed by atoms with Crippen molar-refractivity contribution in [3.8, 4) is 0 Å². The van der Waals surface area contributed by atoms with Crippen molar-refractivity contribution < 1.29 is 9.53 Å². The van der Waals surface area contributed by atoms with Gasteiger partial charge in [0.05, 0.1) is 12.7 Å². The SMILES string of the molecule is CC1CN(C(CN)CC(=O)N2CCCCC2)CCO1. The molecule has 2 N–H and O–H groups in total. The Morgan fingerprint density at radius 2 is 2.05 bits per heavy atom. The second kappa shape index (κ2) is 7.22. The fourth-order valence-electron chi connectivity index (χ4n) is 3.01. The highest BCUT2D eigenvalue weighted by Crippen LogP contribution is 2.15. The van der Waals surface area contributed by atoms with E-state index in [4.69, 9.17) is 10.5 Å². The third-order valence-electron chi connectivity index (χ3n) is 4.18. The van der Waals surface area contributed by atoms with Crippen LogP contribution >= 0.6 is 0 Å². The number of nitrogens with zero attached hydrogens (tertiary/aromatic N) is 2. The second-order valence-electron chi connectivity index (χ2n) is 5.71. The van der Waals surface area contributed by atoms with Crippen molar-refractivity contribution in [2.75, 3.05) is 39.3 Å². The van der Waals surface area contributed by atoms with Crippen molar-refractivity contribution in [1.29, 1.82) is 0 Å². The van der Waals surface area contributed by atoms with Crippen molar-refractivity contribution in [2.45, 2.75) is 44.8 Å². The van der Waals surface area contributed by atoms with Crippen molar-refractivity contribution >= 4 is 5.91 Å². The van der Waals surface area contributed by atoms with Crippen LogP contribution in [0, 0.1) is 0 Å². The largest absolute Gasteiger partial charge is 0.376 e. The van der Waals surface area contributed by atoms with E-state index < -0.39 is 0 Å². The molecule has 0 saturated carbocycles. The minimum atomic E-state index is 0.167. The van der Waals surface area contributed by atoms with Gasteiger partial charge in [-0.3, -0.25) is 9.69 Å². The summed E-state index contributed by atoms with van der Waals surface area (Å²) in [6, 6.07) is 0.167. The lowest BCUT2D eigenvalue weighted by molar-refractivity contribution is -0.134. The van der Waals surface area contributed by atoms with Gasteiger partial charge in [-0.1, -0.05) is 0 Å². The van der Waals surface area contributed by atoms with E-state index in [9.17, 15) is 4.79 Å². The fourth-order valence-corrected chi connectivity index (χ4v) is 3.01. The highest BCUT2D eigenvalue weighted by molar-refractivity contribution is 5.77. The third kappa shape index (κ3) is 4.16. The first-order valence-electron chi connectivity index (χ1n) is 7.54. The van der Waals surface area contributed by atoms with Crippen LogP contribution in [0.15, 0.2) is 0 Å². The van der Waals surface area contributed by atoms with E-state index in [1.54, 1.807) is 0 Å². The summed E-state index contributed by atoms with van der Waals surface area (Å²) in [6.45, 7) is 6.99. The quantitative estimate of drug-likeness (QED) is 0.804. The van der Waals surface area contributed by atoms with Crippen LogP contribution in [-0.2, 0) is 9.53 Å². The van der Waals surface area contributed by atoms with E-state index in [2.05, 4.69) is 11.8 Å². The zero-order valence-corrected chi connectivity index (χ0v) is 12.0. The predicted octanol–water partition coefficient (Wildman–Crippen LogP) is 0.437. The van der Waals surface area contributed by atoms with Crippen LogP contribution < -0.4 is 5.73 Å². The van der Waals surface area contributed by atoms with Gasteiger partial charge >= 0.3 is 0 Å². The molecular weight excluding hydrogens is 242 g/mol. The molecule has 2 atom stereocenters. The molecule has 19 heavy (non-hydrogen) atoms. The molecule has 5 nitrogen and oxygen atoms in total. The maximum atomic E-state index is 12.3. The molecule has 0 aliphatic carbocycles. The molecule has 0 radical (unpaired) electrons. The van der Waals surface area contributed by atoms with E-state index in [0.29, 0.717) is 13.0 Å². The van der Waals surface area contributed by atoms with Gasteiger partial charge < -0.3 is 15.4 Å². The molecule has 0 aromatic heterocycles. The van der Waals surface area contributed by atoms with E-state index in [-0.39, 0.29) is 18.1 Å². The summed E-state index contributed by atoms with van der Waals surface area (Å²) >= 11 is 0. The minimum absolute atomic E-state index is 0.167. The van der Waals surface area contributed by atoms with Gasteiger partial charge in [-0.05, 0) is 26.2 Å². The molecule has 110 valence electrons. The van der Waals surface area contributed by atoms with Crippen molar-refractivity contribution in [3.63, 3.8) is 0 Å². The number of likely N-dealkylation sites (tertiary alicyclic amines) is 1. The van der Waals surface area contributed by atoms with Gasteiger partial charge in [-0.25, -0.2) is 0 Å². The third-order valence-corrected chi connectivity index (χ3v) is 4.18. The van der Waals surface area contributed by atoms with Crippen LogP contribution in [0.5, 0.6) is 0 Å². The lowest BCUT2D eigenvalue weighted by Gasteiger charge is -2.37.